The van der Waals surface area contributed by atoms with E-state index < -0.39 is 6.04 Å². The SMILES string of the molecule is COc1ccc(C2Nc3ccccc3NC3=C2C(=O)CC(c2ccc(OC)c(OC)c2)C3)cc1O. The smallest absolute Gasteiger partial charge is 0.163 e. The number of carbonyl (C=O) groups is 1. The molecule has 0 aromatic heterocycles. The van der Waals surface area contributed by atoms with Gasteiger partial charge in [0.1, 0.15) is 0 Å². The zero-order chi connectivity index (χ0) is 24.5. The van der Waals surface area contributed by atoms with Gasteiger partial charge in [0, 0.05) is 17.7 Å². The number of methoxy groups -OCH3 is 3. The minimum Gasteiger partial charge on any atom is -0.504 e. The number of aromatic hydroxyl groups is 1. The van der Waals surface area contributed by atoms with Gasteiger partial charge >= 0.3 is 0 Å². The highest BCUT2D eigenvalue weighted by molar-refractivity contribution is 6.01. The number of hydrogen-bond donors (Lipinski definition) is 3. The van der Waals surface area contributed by atoms with Gasteiger partial charge in [0.15, 0.2) is 28.8 Å². The Morgan fingerprint density at radius 2 is 1.49 bits per heavy atom. The number of carbonyl (C=O) groups excluding carboxylic acids is 1. The third kappa shape index (κ3) is 4.14. The number of phenolic OH excluding ortho intramolecular Hbond substituents is 1. The first-order chi connectivity index (χ1) is 17.0. The molecule has 3 N–H and O–H groups in total. The van der Waals surface area contributed by atoms with E-state index in [1.807, 2.05) is 48.5 Å². The maximum atomic E-state index is 13.7. The third-order valence-corrected chi connectivity index (χ3v) is 6.72. The summed E-state index contributed by atoms with van der Waals surface area (Å²) in [6, 6.07) is 18.5. The van der Waals surface area contributed by atoms with Crippen LogP contribution in [-0.2, 0) is 4.79 Å². The van der Waals surface area contributed by atoms with Gasteiger partial charge in [-0.15, -0.1) is 0 Å². The van der Waals surface area contributed by atoms with E-state index in [1.54, 1.807) is 26.4 Å². The van der Waals surface area contributed by atoms with E-state index in [1.165, 1.54) is 7.11 Å². The summed E-state index contributed by atoms with van der Waals surface area (Å²) >= 11 is 0. The summed E-state index contributed by atoms with van der Waals surface area (Å²) in [7, 11) is 4.73. The first-order valence-corrected chi connectivity index (χ1v) is 11.5. The number of ether oxygens (including phenoxy) is 3. The largest absolute Gasteiger partial charge is 0.504 e. The Bertz CT molecular complexity index is 1320. The van der Waals surface area contributed by atoms with Gasteiger partial charge in [0.25, 0.3) is 0 Å². The summed E-state index contributed by atoms with van der Waals surface area (Å²) in [5, 5.41) is 17.5. The molecule has 2 aliphatic rings. The van der Waals surface area contributed by atoms with Crippen LogP contribution in [0.1, 0.15) is 35.9 Å². The van der Waals surface area contributed by atoms with Crippen molar-refractivity contribution < 1.29 is 24.1 Å². The lowest BCUT2D eigenvalue weighted by Gasteiger charge is -2.30. The highest BCUT2D eigenvalue weighted by Gasteiger charge is 2.36. The maximum Gasteiger partial charge on any atom is 0.163 e. The molecule has 3 aromatic rings. The second-order valence-corrected chi connectivity index (χ2v) is 8.71. The Kier molecular flexibility index (Phi) is 5.99. The molecule has 1 aliphatic carbocycles. The summed E-state index contributed by atoms with van der Waals surface area (Å²) in [5.74, 6) is 1.76. The molecule has 1 heterocycles. The topological polar surface area (TPSA) is 89.1 Å². The Morgan fingerprint density at radius 3 is 2.20 bits per heavy atom. The quantitative estimate of drug-likeness (QED) is 0.458. The van der Waals surface area contributed by atoms with Crippen molar-refractivity contribution in [2.24, 2.45) is 0 Å². The molecular formula is C28H28N2O5. The van der Waals surface area contributed by atoms with Gasteiger partial charge in [-0.3, -0.25) is 4.79 Å². The van der Waals surface area contributed by atoms with Crippen LogP contribution >= 0.6 is 0 Å². The number of benzene rings is 3. The van der Waals surface area contributed by atoms with Gasteiger partial charge < -0.3 is 30.0 Å². The van der Waals surface area contributed by atoms with Crippen LogP contribution in [0.25, 0.3) is 0 Å². The minimum atomic E-state index is -0.420. The van der Waals surface area contributed by atoms with E-state index in [2.05, 4.69) is 10.6 Å². The third-order valence-electron chi connectivity index (χ3n) is 6.72. The first kappa shape index (κ1) is 22.7. The number of Topliss-reactive ketones (excluding diaryl/α,β-unsaturated/α-hetero) is 1. The number of ketones is 1. The van der Waals surface area contributed by atoms with Gasteiger partial charge in [-0.25, -0.2) is 0 Å². The number of allylic oxidation sites excluding steroid dienone is 1. The van der Waals surface area contributed by atoms with Gasteiger partial charge in [-0.2, -0.15) is 0 Å². The summed E-state index contributed by atoms with van der Waals surface area (Å²) in [4.78, 5) is 13.7. The van der Waals surface area contributed by atoms with E-state index in [0.717, 1.165) is 28.2 Å². The molecule has 2 unspecified atom stereocenters. The van der Waals surface area contributed by atoms with Gasteiger partial charge in [-0.05, 0) is 59.9 Å². The molecule has 0 bridgehead atoms. The normalized spacial score (nSPS) is 19.0. The van der Waals surface area contributed by atoms with Crippen LogP contribution in [-0.4, -0.2) is 32.2 Å². The number of phenols is 1. The molecule has 5 rings (SSSR count). The second-order valence-electron chi connectivity index (χ2n) is 8.71. The van der Waals surface area contributed by atoms with Gasteiger partial charge in [0.2, 0.25) is 0 Å². The number of rotatable bonds is 5. The van der Waals surface area contributed by atoms with Crippen molar-refractivity contribution >= 4 is 17.2 Å². The van der Waals surface area contributed by atoms with Crippen LogP contribution in [0.15, 0.2) is 71.9 Å². The number of anilines is 2. The van der Waals surface area contributed by atoms with Crippen molar-refractivity contribution in [2.75, 3.05) is 32.0 Å². The summed E-state index contributed by atoms with van der Waals surface area (Å²) in [5.41, 5.74) is 5.15. The summed E-state index contributed by atoms with van der Waals surface area (Å²) < 4.78 is 16.1. The van der Waals surface area contributed by atoms with Crippen LogP contribution in [0.2, 0.25) is 0 Å². The molecule has 3 aromatic carbocycles. The highest BCUT2D eigenvalue weighted by Crippen LogP contribution is 2.46. The highest BCUT2D eigenvalue weighted by atomic mass is 16.5. The monoisotopic (exact) mass is 472 g/mol. The molecule has 0 amide bonds. The standard InChI is InChI=1S/C28H28N2O5/c1-33-24-10-9-17(13-22(24)31)28-27-21(29-19-6-4-5-7-20(19)30-28)12-18(14-23(27)32)16-8-11-25(34-2)26(15-16)35-3/h4-11,13,15,18,28-31H,12,14H2,1-3H3. The van der Waals surface area contributed by atoms with Crippen LogP contribution in [0.5, 0.6) is 23.0 Å². The molecule has 7 heteroatoms. The predicted molar refractivity (Wildman–Crippen MR) is 135 cm³/mol. The van der Waals surface area contributed by atoms with E-state index in [9.17, 15) is 9.90 Å². The molecule has 0 radical (unpaired) electrons. The molecule has 0 fully saturated rings. The van der Waals surface area contributed by atoms with Crippen molar-refractivity contribution in [3.05, 3.63) is 83.1 Å². The average molecular weight is 473 g/mol. The molecule has 0 saturated heterocycles. The average Bonchev–Trinajstić information content (AvgIpc) is 3.05. The van der Waals surface area contributed by atoms with Crippen molar-refractivity contribution in [1.29, 1.82) is 0 Å². The van der Waals surface area contributed by atoms with E-state index >= 15 is 0 Å². The number of nitrogens with one attached hydrogen (secondary N) is 2. The molecule has 0 spiro atoms. The predicted octanol–water partition coefficient (Wildman–Crippen LogP) is 5.40. The molecule has 0 saturated carbocycles. The summed E-state index contributed by atoms with van der Waals surface area (Å²) in [6.45, 7) is 0. The summed E-state index contributed by atoms with van der Waals surface area (Å²) in [6.07, 6.45) is 1.03. The first-order valence-electron chi connectivity index (χ1n) is 11.5. The minimum absolute atomic E-state index is 0.0104. The molecular weight excluding hydrogens is 444 g/mol. The Morgan fingerprint density at radius 1 is 0.800 bits per heavy atom. The van der Waals surface area contributed by atoms with Crippen molar-refractivity contribution in [3.63, 3.8) is 0 Å². The van der Waals surface area contributed by atoms with Crippen LogP contribution < -0.4 is 24.8 Å². The molecule has 35 heavy (non-hydrogen) atoms. The fraction of sp³-hybridized carbons (Fsp3) is 0.250. The maximum absolute atomic E-state index is 13.7. The zero-order valence-corrected chi connectivity index (χ0v) is 19.9. The van der Waals surface area contributed by atoms with Gasteiger partial charge in [-0.1, -0.05) is 24.3 Å². The van der Waals surface area contributed by atoms with Crippen molar-refractivity contribution in [3.8, 4) is 23.0 Å². The molecule has 7 nitrogen and oxygen atoms in total. The van der Waals surface area contributed by atoms with E-state index in [0.29, 0.717) is 35.7 Å². The lowest BCUT2D eigenvalue weighted by atomic mass is 9.78. The zero-order valence-electron chi connectivity index (χ0n) is 19.9. The Balaban J connectivity index is 1.58. The second kappa shape index (κ2) is 9.25. The van der Waals surface area contributed by atoms with Crippen LogP contribution in [0.3, 0.4) is 0 Å². The lowest BCUT2D eigenvalue weighted by Crippen LogP contribution is -2.26. The Labute approximate surface area is 204 Å². The van der Waals surface area contributed by atoms with Crippen LogP contribution in [0.4, 0.5) is 11.4 Å². The van der Waals surface area contributed by atoms with Crippen LogP contribution in [0, 0.1) is 0 Å². The van der Waals surface area contributed by atoms with E-state index in [4.69, 9.17) is 14.2 Å². The van der Waals surface area contributed by atoms with Crippen molar-refractivity contribution in [1.82, 2.24) is 0 Å². The fourth-order valence-electron chi connectivity index (χ4n) is 4.97. The molecule has 1 aliphatic heterocycles. The van der Waals surface area contributed by atoms with Gasteiger partial charge in [0.05, 0.1) is 38.7 Å². The Hall–Kier alpha value is -4.13. The molecule has 180 valence electrons. The lowest BCUT2D eigenvalue weighted by molar-refractivity contribution is -0.116. The fourth-order valence-corrected chi connectivity index (χ4v) is 4.97. The van der Waals surface area contributed by atoms with E-state index in [-0.39, 0.29) is 17.5 Å². The number of hydrogen-bond acceptors (Lipinski definition) is 7. The number of para-hydroxylation sites is 2. The number of fused-ring (bicyclic) bond motifs is 1. The van der Waals surface area contributed by atoms with Crippen molar-refractivity contribution in [2.45, 2.75) is 24.8 Å². The molecule has 2 atom stereocenters.